The van der Waals surface area contributed by atoms with Gasteiger partial charge in [-0.2, -0.15) is 0 Å². The first-order chi connectivity index (χ1) is 9.19. The molecule has 1 amide bonds. The van der Waals surface area contributed by atoms with Gasteiger partial charge in [0.2, 0.25) is 5.91 Å². The number of nitrogens with one attached hydrogen (secondary N) is 2. The van der Waals surface area contributed by atoms with Crippen LogP contribution >= 0.6 is 11.6 Å². The molecule has 1 aliphatic rings. The molecule has 2 atom stereocenters. The fourth-order valence-corrected chi connectivity index (χ4v) is 2.75. The Morgan fingerprint density at radius 3 is 3.05 bits per heavy atom. The number of amides is 1. The van der Waals surface area contributed by atoms with Crippen LogP contribution in [-0.2, 0) is 4.79 Å². The van der Waals surface area contributed by atoms with Crippen LogP contribution in [-0.4, -0.2) is 18.5 Å². The van der Waals surface area contributed by atoms with E-state index < -0.39 is 0 Å². The van der Waals surface area contributed by atoms with Gasteiger partial charge in [-0.25, -0.2) is 0 Å². The highest BCUT2D eigenvalue weighted by Crippen LogP contribution is 2.20. The van der Waals surface area contributed by atoms with Gasteiger partial charge < -0.3 is 10.6 Å². The van der Waals surface area contributed by atoms with Crippen LogP contribution in [0, 0.1) is 0 Å². The van der Waals surface area contributed by atoms with Crippen molar-refractivity contribution in [1.29, 1.82) is 0 Å². The van der Waals surface area contributed by atoms with Crippen molar-refractivity contribution < 1.29 is 4.79 Å². The third-order valence-corrected chi connectivity index (χ3v) is 3.82. The fraction of sp³-hybridized carbons (Fsp3) is 0.533. The van der Waals surface area contributed by atoms with Crippen LogP contribution in [0.5, 0.6) is 0 Å². The predicted molar refractivity (Wildman–Crippen MR) is 78.3 cm³/mol. The van der Waals surface area contributed by atoms with Crippen LogP contribution in [0.3, 0.4) is 0 Å². The van der Waals surface area contributed by atoms with E-state index in [9.17, 15) is 4.79 Å². The van der Waals surface area contributed by atoms with Gasteiger partial charge in [0.15, 0.2) is 0 Å². The van der Waals surface area contributed by atoms with Crippen molar-refractivity contribution in [2.45, 2.75) is 44.7 Å². The molecule has 2 N–H and O–H groups in total. The van der Waals surface area contributed by atoms with Crippen molar-refractivity contribution in [3.8, 4) is 0 Å². The molecule has 1 fully saturated rings. The normalized spacial score (nSPS) is 20.2. The van der Waals surface area contributed by atoms with Crippen molar-refractivity contribution in [3.05, 3.63) is 34.9 Å². The number of hydrogen-bond donors (Lipinski definition) is 2. The Morgan fingerprint density at radius 1 is 1.58 bits per heavy atom. The van der Waals surface area contributed by atoms with Gasteiger partial charge in [0.05, 0.1) is 6.04 Å². The summed E-state index contributed by atoms with van der Waals surface area (Å²) in [6.07, 6.45) is 3.70. The molecule has 0 bridgehead atoms. The standard InChI is InChI=1S/C15H21ClN2O/c1-2-14(11-5-3-6-12(16)9-11)18-15(19)10-13-7-4-8-17-13/h3,5-6,9,13-14,17H,2,4,7-8,10H2,1H3,(H,18,19). The van der Waals surface area contributed by atoms with Crippen LogP contribution in [0.2, 0.25) is 5.02 Å². The Hall–Kier alpha value is -1.06. The molecule has 1 saturated heterocycles. The van der Waals surface area contributed by atoms with Gasteiger partial charge in [-0.1, -0.05) is 30.7 Å². The van der Waals surface area contributed by atoms with Crippen molar-refractivity contribution in [1.82, 2.24) is 10.6 Å². The Bertz CT molecular complexity index is 430. The van der Waals surface area contributed by atoms with Gasteiger partial charge >= 0.3 is 0 Å². The smallest absolute Gasteiger partial charge is 0.222 e. The minimum atomic E-state index is 0.0487. The first-order valence-electron chi connectivity index (χ1n) is 6.97. The third-order valence-electron chi connectivity index (χ3n) is 3.59. The molecule has 3 nitrogen and oxygen atoms in total. The molecular formula is C15H21ClN2O. The van der Waals surface area contributed by atoms with Crippen LogP contribution in [0.15, 0.2) is 24.3 Å². The molecular weight excluding hydrogens is 260 g/mol. The number of halogens is 1. The van der Waals surface area contributed by atoms with E-state index in [2.05, 4.69) is 17.6 Å². The monoisotopic (exact) mass is 280 g/mol. The van der Waals surface area contributed by atoms with Gasteiger partial charge in [-0.05, 0) is 43.5 Å². The van der Waals surface area contributed by atoms with Gasteiger partial charge in [-0.3, -0.25) is 4.79 Å². The summed E-state index contributed by atoms with van der Waals surface area (Å²) in [7, 11) is 0. The van der Waals surface area contributed by atoms with Crippen LogP contribution in [0.4, 0.5) is 0 Å². The fourth-order valence-electron chi connectivity index (χ4n) is 2.55. The average molecular weight is 281 g/mol. The lowest BCUT2D eigenvalue weighted by atomic mass is 10.0. The second-order valence-corrected chi connectivity index (χ2v) is 5.52. The largest absolute Gasteiger partial charge is 0.349 e. The topological polar surface area (TPSA) is 41.1 Å². The van der Waals surface area contributed by atoms with Crippen LogP contribution in [0.25, 0.3) is 0 Å². The van der Waals surface area contributed by atoms with Crippen LogP contribution < -0.4 is 10.6 Å². The Kier molecular flexibility index (Phi) is 5.23. The zero-order valence-electron chi connectivity index (χ0n) is 11.3. The molecule has 0 saturated carbocycles. The van der Waals surface area contributed by atoms with Crippen molar-refractivity contribution in [3.63, 3.8) is 0 Å². The number of benzene rings is 1. The van der Waals surface area contributed by atoms with E-state index in [0.717, 1.165) is 24.9 Å². The van der Waals surface area contributed by atoms with Gasteiger partial charge in [-0.15, -0.1) is 0 Å². The number of carbonyl (C=O) groups is 1. The molecule has 19 heavy (non-hydrogen) atoms. The van der Waals surface area contributed by atoms with E-state index in [0.29, 0.717) is 17.5 Å². The second kappa shape index (κ2) is 6.92. The maximum Gasteiger partial charge on any atom is 0.222 e. The summed E-state index contributed by atoms with van der Waals surface area (Å²) in [4.78, 5) is 12.0. The summed E-state index contributed by atoms with van der Waals surface area (Å²) in [5, 5.41) is 7.16. The lowest BCUT2D eigenvalue weighted by Crippen LogP contribution is -2.34. The first kappa shape index (κ1) is 14.4. The molecule has 1 heterocycles. The molecule has 0 aliphatic carbocycles. The van der Waals surface area contributed by atoms with E-state index in [1.165, 1.54) is 6.42 Å². The molecule has 1 aromatic carbocycles. The molecule has 1 aliphatic heterocycles. The summed E-state index contributed by atoms with van der Waals surface area (Å²) in [5.74, 6) is 0.117. The van der Waals surface area contributed by atoms with Crippen LogP contribution in [0.1, 0.15) is 44.2 Å². The molecule has 104 valence electrons. The molecule has 4 heteroatoms. The highest BCUT2D eigenvalue weighted by atomic mass is 35.5. The van der Waals surface area contributed by atoms with Gasteiger partial charge in [0, 0.05) is 17.5 Å². The number of carbonyl (C=O) groups excluding carboxylic acids is 1. The van der Waals surface area contributed by atoms with Gasteiger partial charge in [0.1, 0.15) is 0 Å². The molecule has 2 unspecified atom stereocenters. The number of rotatable bonds is 5. The molecule has 0 radical (unpaired) electrons. The first-order valence-corrected chi connectivity index (χ1v) is 7.35. The van der Waals surface area contributed by atoms with Gasteiger partial charge in [0.25, 0.3) is 0 Å². The average Bonchev–Trinajstić information content (AvgIpc) is 2.88. The van der Waals surface area contributed by atoms with Crippen molar-refractivity contribution in [2.75, 3.05) is 6.54 Å². The summed E-state index contributed by atoms with van der Waals surface area (Å²) >= 11 is 6.00. The predicted octanol–water partition coefficient (Wildman–Crippen LogP) is 3.05. The molecule has 0 aromatic heterocycles. The third kappa shape index (κ3) is 4.22. The van der Waals surface area contributed by atoms with E-state index in [4.69, 9.17) is 11.6 Å². The van der Waals surface area contributed by atoms with E-state index in [1.54, 1.807) is 0 Å². The maximum absolute atomic E-state index is 12.0. The zero-order chi connectivity index (χ0) is 13.7. The van der Waals surface area contributed by atoms with E-state index >= 15 is 0 Å². The van der Waals surface area contributed by atoms with E-state index in [1.807, 2.05) is 24.3 Å². The zero-order valence-corrected chi connectivity index (χ0v) is 12.0. The highest BCUT2D eigenvalue weighted by Gasteiger charge is 2.19. The summed E-state index contributed by atoms with van der Waals surface area (Å²) in [6, 6.07) is 8.09. The quantitative estimate of drug-likeness (QED) is 0.870. The lowest BCUT2D eigenvalue weighted by molar-refractivity contribution is -0.122. The lowest BCUT2D eigenvalue weighted by Gasteiger charge is -2.19. The summed E-state index contributed by atoms with van der Waals surface area (Å²) in [6.45, 7) is 3.10. The highest BCUT2D eigenvalue weighted by molar-refractivity contribution is 6.30. The molecule has 2 rings (SSSR count). The Balaban J connectivity index is 1.92. The SMILES string of the molecule is CCC(NC(=O)CC1CCCN1)c1cccc(Cl)c1. The number of hydrogen-bond acceptors (Lipinski definition) is 2. The maximum atomic E-state index is 12.0. The second-order valence-electron chi connectivity index (χ2n) is 5.08. The Morgan fingerprint density at radius 2 is 2.42 bits per heavy atom. The molecule has 0 spiro atoms. The Labute approximate surface area is 119 Å². The minimum Gasteiger partial charge on any atom is -0.349 e. The minimum absolute atomic E-state index is 0.0487. The summed E-state index contributed by atoms with van der Waals surface area (Å²) < 4.78 is 0. The summed E-state index contributed by atoms with van der Waals surface area (Å²) in [5.41, 5.74) is 1.07. The van der Waals surface area contributed by atoms with Crippen molar-refractivity contribution >= 4 is 17.5 Å². The van der Waals surface area contributed by atoms with E-state index in [-0.39, 0.29) is 11.9 Å². The van der Waals surface area contributed by atoms with Crippen molar-refractivity contribution in [2.24, 2.45) is 0 Å². The molecule has 1 aromatic rings.